The summed E-state index contributed by atoms with van der Waals surface area (Å²) in [7, 11) is 0. The summed E-state index contributed by atoms with van der Waals surface area (Å²) in [6, 6.07) is 27.7. The largest absolute Gasteiger partial charge is 0.309 e. The molecule has 33 heavy (non-hydrogen) atoms. The quantitative estimate of drug-likeness (QED) is 0.421. The van der Waals surface area contributed by atoms with Crippen molar-refractivity contribution in [2.75, 3.05) is 0 Å². The van der Waals surface area contributed by atoms with Crippen LogP contribution in [-0.2, 0) is 0 Å². The summed E-state index contributed by atoms with van der Waals surface area (Å²) in [6.45, 7) is 0. The van der Waals surface area contributed by atoms with Gasteiger partial charge in [0.1, 0.15) is 0 Å². The molecule has 0 saturated carbocycles. The predicted molar refractivity (Wildman–Crippen MR) is 123 cm³/mol. The minimum atomic E-state index is -0.631. The van der Waals surface area contributed by atoms with Crippen molar-refractivity contribution in [1.82, 2.24) is 30.6 Å². The molecule has 0 spiro atoms. The maximum Gasteiger partial charge on any atom is 0.309 e. The highest BCUT2D eigenvalue weighted by Crippen LogP contribution is 2.21. The Labute approximate surface area is 188 Å². The number of rotatable bonds is 4. The minimum absolute atomic E-state index is 0.0717. The molecule has 0 aliphatic rings. The minimum Gasteiger partial charge on any atom is -0.267 e. The molecular formula is C25H18N6O2. The van der Waals surface area contributed by atoms with Gasteiger partial charge in [0, 0.05) is 17.1 Å². The SMILES string of the molecule is O=C(NNC(=O)c1ccnc2ccccc12)c1nc(-c2ccccc2)n(-c2ccccc2)n1. The molecule has 0 unspecified atom stereocenters. The third kappa shape index (κ3) is 4.05. The van der Waals surface area contributed by atoms with Crippen LogP contribution in [0.15, 0.2) is 97.2 Å². The van der Waals surface area contributed by atoms with Gasteiger partial charge in [-0.3, -0.25) is 25.4 Å². The lowest BCUT2D eigenvalue weighted by Gasteiger charge is -2.07. The fourth-order valence-electron chi connectivity index (χ4n) is 3.46. The van der Waals surface area contributed by atoms with Crippen LogP contribution in [0.5, 0.6) is 0 Å². The van der Waals surface area contributed by atoms with Gasteiger partial charge in [0.05, 0.1) is 16.8 Å². The first kappa shape index (κ1) is 20.1. The molecule has 160 valence electrons. The molecule has 0 atom stereocenters. The molecule has 5 aromatic rings. The predicted octanol–water partition coefficient (Wildman–Crippen LogP) is 3.56. The van der Waals surface area contributed by atoms with Crippen molar-refractivity contribution in [1.29, 1.82) is 0 Å². The van der Waals surface area contributed by atoms with Crippen molar-refractivity contribution in [2.45, 2.75) is 0 Å². The smallest absolute Gasteiger partial charge is 0.267 e. The Morgan fingerprint density at radius 3 is 2.18 bits per heavy atom. The van der Waals surface area contributed by atoms with E-state index in [1.807, 2.05) is 78.9 Å². The molecule has 0 saturated heterocycles. The summed E-state index contributed by atoms with van der Waals surface area (Å²) in [5.74, 6) is -0.655. The summed E-state index contributed by atoms with van der Waals surface area (Å²) < 4.78 is 1.60. The van der Waals surface area contributed by atoms with Crippen molar-refractivity contribution in [3.05, 3.63) is 109 Å². The van der Waals surface area contributed by atoms with Crippen LogP contribution in [0.2, 0.25) is 0 Å². The third-order valence-corrected chi connectivity index (χ3v) is 5.03. The number of carbonyl (C=O) groups excluding carboxylic acids is 2. The molecule has 8 nitrogen and oxygen atoms in total. The van der Waals surface area contributed by atoms with Crippen molar-refractivity contribution < 1.29 is 9.59 Å². The summed E-state index contributed by atoms with van der Waals surface area (Å²) in [4.78, 5) is 34.2. The van der Waals surface area contributed by atoms with Crippen LogP contribution >= 0.6 is 0 Å². The Hall–Kier alpha value is -4.85. The average molecular weight is 434 g/mol. The number of carbonyl (C=O) groups is 2. The molecule has 0 aliphatic carbocycles. The van der Waals surface area contributed by atoms with Crippen LogP contribution in [-0.4, -0.2) is 31.6 Å². The van der Waals surface area contributed by atoms with Gasteiger partial charge in [-0.1, -0.05) is 66.7 Å². The Bertz CT molecular complexity index is 1390. The summed E-state index contributed by atoms with van der Waals surface area (Å²) >= 11 is 0. The molecular weight excluding hydrogens is 416 g/mol. The van der Waals surface area contributed by atoms with Crippen LogP contribution in [0.3, 0.4) is 0 Å². The van der Waals surface area contributed by atoms with Gasteiger partial charge in [-0.25, -0.2) is 9.67 Å². The third-order valence-electron chi connectivity index (χ3n) is 5.03. The summed E-state index contributed by atoms with van der Waals surface area (Å²) in [5.41, 5.74) is 7.50. The van der Waals surface area contributed by atoms with Gasteiger partial charge in [-0.05, 0) is 24.3 Å². The molecule has 0 radical (unpaired) electrons. The van der Waals surface area contributed by atoms with E-state index in [4.69, 9.17) is 0 Å². The van der Waals surface area contributed by atoms with E-state index < -0.39 is 11.8 Å². The molecule has 3 aromatic carbocycles. The molecule has 0 aliphatic heterocycles. The first-order valence-electron chi connectivity index (χ1n) is 10.2. The normalized spacial score (nSPS) is 10.7. The molecule has 2 N–H and O–H groups in total. The number of benzene rings is 3. The Balaban J connectivity index is 1.41. The van der Waals surface area contributed by atoms with Gasteiger partial charge < -0.3 is 0 Å². The van der Waals surface area contributed by atoms with E-state index in [0.717, 1.165) is 11.3 Å². The van der Waals surface area contributed by atoms with E-state index in [0.29, 0.717) is 22.3 Å². The van der Waals surface area contributed by atoms with Crippen molar-refractivity contribution >= 4 is 22.7 Å². The molecule has 2 amide bonds. The number of amides is 2. The van der Waals surface area contributed by atoms with E-state index in [1.165, 1.54) is 0 Å². The first-order chi connectivity index (χ1) is 16.2. The number of hydrogen-bond donors (Lipinski definition) is 2. The Kier molecular flexibility index (Phi) is 5.30. The highest BCUT2D eigenvalue weighted by molar-refractivity contribution is 6.06. The number of fused-ring (bicyclic) bond motifs is 1. The fourth-order valence-corrected chi connectivity index (χ4v) is 3.46. The zero-order valence-corrected chi connectivity index (χ0v) is 17.3. The Morgan fingerprint density at radius 2 is 1.39 bits per heavy atom. The second-order valence-corrected chi connectivity index (χ2v) is 7.16. The topological polar surface area (TPSA) is 102 Å². The van der Waals surface area contributed by atoms with Gasteiger partial charge in [0.25, 0.3) is 5.91 Å². The monoisotopic (exact) mass is 434 g/mol. The van der Waals surface area contributed by atoms with Crippen molar-refractivity contribution in [3.8, 4) is 17.1 Å². The van der Waals surface area contributed by atoms with Crippen LogP contribution in [0, 0.1) is 0 Å². The molecule has 0 fully saturated rings. The summed E-state index contributed by atoms with van der Waals surface area (Å²) in [5, 5.41) is 5.07. The second-order valence-electron chi connectivity index (χ2n) is 7.16. The Morgan fingerprint density at radius 1 is 0.727 bits per heavy atom. The van der Waals surface area contributed by atoms with E-state index in [-0.39, 0.29) is 5.82 Å². The average Bonchev–Trinajstić information content (AvgIpc) is 3.33. The molecule has 0 bridgehead atoms. The van der Waals surface area contributed by atoms with Gasteiger partial charge in [0.15, 0.2) is 5.82 Å². The molecule has 8 heteroatoms. The van der Waals surface area contributed by atoms with E-state index in [2.05, 4.69) is 25.9 Å². The van der Waals surface area contributed by atoms with Gasteiger partial charge >= 0.3 is 5.91 Å². The highest BCUT2D eigenvalue weighted by Gasteiger charge is 2.20. The van der Waals surface area contributed by atoms with Crippen LogP contribution in [0.1, 0.15) is 21.0 Å². The number of hydrogen-bond acceptors (Lipinski definition) is 5. The number of para-hydroxylation sites is 2. The lowest BCUT2D eigenvalue weighted by molar-refractivity contribution is 0.0842. The van der Waals surface area contributed by atoms with Gasteiger partial charge in [-0.15, -0.1) is 5.10 Å². The zero-order chi connectivity index (χ0) is 22.6. The number of aromatic nitrogens is 4. The van der Waals surface area contributed by atoms with E-state index >= 15 is 0 Å². The van der Waals surface area contributed by atoms with E-state index in [1.54, 1.807) is 23.0 Å². The zero-order valence-electron chi connectivity index (χ0n) is 17.3. The molecule has 2 aromatic heterocycles. The highest BCUT2D eigenvalue weighted by atomic mass is 16.2. The van der Waals surface area contributed by atoms with Crippen LogP contribution in [0.4, 0.5) is 0 Å². The van der Waals surface area contributed by atoms with Crippen molar-refractivity contribution in [2.24, 2.45) is 0 Å². The number of nitrogens with one attached hydrogen (secondary N) is 2. The molecule has 5 rings (SSSR count). The summed E-state index contributed by atoms with van der Waals surface area (Å²) in [6.07, 6.45) is 1.55. The standard InChI is InChI=1S/C25H18N6O2/c32-24(20-15-16-26-21-14-8-7-13-19(20)21)28-29-25(33)22-27-23(17-9-3-1-4-10-17)31(30-22)18-11-5-2-6-12-18/h1-16H,(H,28,32)(H,29,33). The van der Waals surface area contributed by atoms with Gasteiger partial charge in [0.2, 0.25) is 5.82 Å². The first-order valence-corrected chi connectivity index (χ1v) is 10.2. The van der Waals surface area contributed by atoms with Crippen LogP contribution < -0.4 is 10.9 Å². The van der Waals surface area contributed by atoms with Gasteiger partial charge in [-0.2, -0.15) is 0 Å². The number of hydrazine groups is 1. The molecule has 2 heterocycles. The number of pyridine rings is 1. The second kappa shape index (κ2) is 8.72. The number of nitrogens with zero attached hydrogens (tertiary/aromatic N) is 4. The fraction of sp³-hybridized carbons (Fsp3) is 0. The maximum atomic E-state index is 12.8. The van der Waals surface area contributed by atoms with E-state index in [9.17, 15) is 9.59 Å². The lowest BCUT2D eigenvalue weighted by atomic mass is 10.1. The van der Waals surface area contributed by atoms with Crippen molar-refractivity contribution in [3.63, 3.8) is 0 Å². The van der Waals surface area contributed by atoms with Crippen LogP contribution in [0.25, 0.3) is 28.0 Å². The maximum absolute atomic E-state index is 12.8. The lowest BCUT2D eigenvalue weighted by Crippen LogP contribution is -2.42.